The second kappa shape index (κ2) is 8.54. The summed E-state index contributed by atoms with van der Waals surface area (Å²) in [5.74, 6) is -1.22. The maximum absolute atomic E-state index is 11.5. The van der Waals surface area contributed by atoms with Gasteiger partial charge in [0.1, 0.15) is 0 Å². The highest BCUT2D eigenvalue weighted by atomic mass is 16.6. The van der Waals surface area contributed by atoms with Gasteiger partial charge in [0.2, 0.25) is 0 Å². The van der Waals surface area contributed by atoms with Crippen molar-refractivity contribution in [3.8, 4) is 0 Å². The van der Waals surface area contributed by atoms with Crippen molar-refractivity contribution in [3.05, 3.63) is 29.0 Å². The maximum atomic E-state index is 11.5. The van der Waals surface area contributed by atoms with E-state index in [4.69, 9.17) is 4.74 Å². The zero-order valence-electron chi connectivity index (χ0n) is 11.0. The molecule has 0 fully saturated rings. The second-order valence-electron chi connectivity index (χ2n) is 3.76. The van der Waals surface area contributed by atoms with Gasteiger partial charge in [-0.3, -0.25) is 0 Å². The molecule has 0 unspecified atom stereocenters. The summed E-state index contributed by atoms with van der Waals surface area (Å²) in [4.78, 5) is 22.9. The standard InChI is InChI=1S/C14H20O3/c1-5-7-8-10-12(4)14(16)17-13(15)11(3)9-6-2/h6,10H,5,7-8H2,1-4H3. The fraction of sp³-hybridized carbons (Fsp3) is 0.500. The molecule has 0 aliphatic heterocycles. The molecule has 0 radical (unpaired) electrons. The molecule has 0 aliphatic carbocycles. The summed E-state index contributed by atoms with van der Waals surface area (Å²) in [6, 6.07) is 0. The van der Waals surface area contributed by atoms with Crippen molar-refractivity contribution in [2.24, 2.45) is 0 Å². The van der Waals surface area contributed by atoms with Crippen LogP contribution in [0.1, 0.15) is 47.0 Å². The Kier molecular flexibility index (Phi) is 7.74. The molecule has 0 rings (SSSR count). The van der Waals surface area contributed by atoms with E-state index in [0.29, 0.717) is 11.1 Å². The van der Waals surface area contributed by atoms with Gasteiger partial charge < -0.3 is 4.74 Å². The molecule has 0 amide bonds. The van der Waals surface area contributed by atoms with Gasteiger partial charge in [0, 0.05) is 5.57 Å². The van der Waals surface area contributed by atoms with Crippen molar-refractivity contribution >= 4 is 11.9 Å². The molecular formula is C14H20O3. The van der Waals surface area contributed by atoms with Crippen LogP contribution in [-0.2, 0) is 14.3 Å². The van der Waals surface area contributed by atoms with Gasteiger partial charge in [0.05, 0.1) is 5.57 Å². The van der Waals surface area contributed by atoms with Gasteiger partial charge in [0.25, 0.3) is 0 Å². The SMILES string of the molecule is CC=C=C(C)C(=O)OC(=O)C(C)=CCCCC. The maximum Gasteiger partial charge on any atom is 0.349 e. The molecule has 0 aromatic heterocycles. The number of carbonyl (C=O) groups is 2. The predicted octanol–water partition coefficient (Wildman–Crippen LogP) is 3.31. The number of allylic oxidation sites excluding steroid dienone is 1. The fourth-order valence-corrected chi connectivity index (χ4v) is 1.12. The van der Waals surface area contributed by atoms with E-state index in [-0.39, 0.29) is 0 Å². The van der Waals surface area contributed by atoms with Gasteiger partial charge in [-0.05, 0) is 33.3 Å². The molecule has 0 saturated carbocycles. The third-order valence-corrected chi connectivity index (χ3v) is 2.18. The molecule has 0 bridgehead atoms. The molecule has 3 nitrogen and oxygen atoms in total. The van der Waals surface area contributed by atoms with Crippen molar-refractivity contribution < 1.29 is 14.3 Å². The molecule has 0 saturated heterocycles. The van der Waals surface area contributed by atoms with E-state index < -0.39 is 11.9 Å². The number of hydrogen-bond acceptors (Lipinski definition) is 3. The summed E-state index contributed by atoms with van der Waals surface area (Å²) in [5.41, 5.74) is 3.45. The fourth-order valence-electron chi connectivity index (χ4n) is 1.12. The molecule has 0 heterocycles. The number of hydrogen-bond donors (Lipinski definition) is 0. The molecule has 0 spiro atoms. The van der Waals surface area contributed by atoms with Crippen molar-refractivity contribution in [2.45, 2.75) is 47.0 Å². The normalized spacial score (nSPS) is 10.5. The lowest BCUT2D eigenvalue weighted by atomic mass is 10.2. The average molecular weight is 236 g/mol. The minimum Gasteiger partial charge on any atom is -0.386 e. The van der Waals surface area contributed by atoms with Crippen LogP contribution in [0.3, 0.4) is 0 Å². The van der Waals surface area contributed by atoms with Gasteiger partial charge in [-0.25, -0.2) is 9.59 Å². The number of rotatable bonds is 5. The van der Waals surface area contributed by atoms with Gasteiger partial charge in [-0.15, -0.1) is 5.73 Å². The smallest absolute Gasteiger partial charge is 0.349 e. The monoisotopic (exact) mass is 236 g/mol. The lowest BCUT2D eigenvalue weighted by Gasteiger charge is -2.02. The minimum absolute atomic E-state index is 0.294. The van der Waals surface area contributed by atoms with Gasteiger partial charge in [-0.1, -0.05) is 25.8 Å². The van der Waals surface area contributed by atoms with Crippen molar-refractivity contribution in [2.75, 3.05) is 0 Å². The Morgan fingerprint density at radius 2 is 1.88 bits per heavy atom. The van der Waals surface area contributed by atoms with Crippen LogP contribution in [0.2, 0.25) is 0 Å². The Bertz CT molecular complexity index is 369. The Balaban J connectivity index is 4.40. The van der Waals surface area contributed by atoms with Crippen LogP contribution in [0.4, 0.5) is 0 Å². The highest BCUT2D eigenvalue weighted by Gasteiger charge is 2.13. The van der Waals surface area contributed by atoms with E-state index in [0.717, 1.165) is 19.3 Å². The summed E-state index contributed by atoms with van der Waals surface area (Å²) in [6.45, 7) is 7.04. The first kappa shape index (κ1) is 15.4. The molecule has 0 aromatic rings. The predicted molar refractivity (Wildman–Crippen MR) is 67.3 cm³/mol. The zero-order chi connectivity index (χ0) is 13.3. The average Bonchev–Trinajstić information content (AvgIpc) is 2.29. The zero-order valence-corrected chi connectivity index (χ0v) is 11.0. The first-order chi connectivity index (χ1) is 8.02. The molecular weight excluding hydrogens is 216 g/mol. The van der Waals surface area contributed by atoms with Crippen LogP contribution in [0.25, 0.3) is 0 Å². The molecule has 17 heavy (non-hydrogen) atoms. The lowest BCUT2D eigenvalue weighted by Crippen LogP contribution is -2.13. The minimum atomic E-state index is -0.642. The Morgan fingerprint density at radius 1 is 1.24 bits per heavy atom. The Morgan fingerprint density at radius 3 is 2.41 bits per heavy atom. The highest BCUT2D eigenvalue weighted by Crippen LogP contribution is 2.05. The third-order valence-electron chi connectivity index (χ3n) is 2.18. The summed E-state index contributed by atoms with van der Waals surface area (Å²) >= 11 is 0. The van der Waals surface area contributed by atoms with E-state index in [1.165, 1.54) is 0 Å². The van der Waals surface area contributed by atoms with E-state index in [9.17, 15) is 9.59 Å². The van der Waals surface area contributed by atoms with Crippen LogP contribution < -0.4 is 0 Å². The number of carbonyl (C=O) groups excluding carboxylic acids is 2. The number of ether oxygens (including phenoxy) is 1. The molecule has 0 aliphatic rings. The van der Waals surface area contributed by atoms with Crippen molar-refractivity contribution in [3.63, 3.8) is 0 Å². The lowest BCUT2D eigenvalue weighted by molar-refractivity contribution is -0.153. The molecule has 0 atom stereocenters. The first-order valence-electron chi connectivity index (χ1n) is 5.84. The molecule has 3 heteroatoms. The first-order valence-corrected chi connectivity index (χ1v) is 5.84. The molecule has 0 aromatic carbocycles. The van der Waals surface area contributed by atoms with Crippen LogP contribution in [0.15, 0.2) is 29.0 Å². The number of esters is 2. The van der Waals surface area contributed by atoms with E-state index in [1.807, 2.05) is 0 Å². The van der Waals surface area contributed by atoms with Gasteiger partial charge >= 0.3 is 11.9 Å². The van der Waals surface area contributed by atoms with Crippen LogP contribution in [-0.4, -0.2) is 11.9 Å². The molecule has 94 valence electrons. The summed E-state index contributed by atoms with van der Waals surface area (Å²) in [6.07, 6.45) is 6.32. The highest BCUT2D eigenvalue weighted by molar-refractivity contribution is 6.01. The molecule has 0 N–H and O–H groups in total. The second-order valence-corrected chi connectivity index (χ2v) is 3.76. The van der Waals surface area contributed by atoms with Crippen molar-refractivity contribution in [1.82, 2.24) is 0 Å². The third kappa shape index (κ3) is 6.54. The van der Waals surface area contributed by atoms with Crippen LogP contribution in [0.5, 0.6) is 0 Å². The van der Waals surface area contributed by atoms with Gasteiger partial charge in [-0.2, -0.15) is 0 Å². The van der Waals surface area contributed by atoms with Gasteiger partial charge in [0.15, 0.2) is 0 Å². The van der Waals surface area contributed by atoms with Crippen LogP contribution >= 0.6 is 0 Å². The Labute approximate surface area is 103 Å². The van der Waals surface area contributed by atoms with E-state index in [1.54, 1.807) is 32.9 Å². The largest absolute Gasteiger partial charge is 0.386 e. The Hall–Kier alpha value is -1.60. The van der Waals surface area contributed by atoms with E-state index in [2.05, 4.69) is 12.7 Å². The quantitative estimate of drug-likeness (QED) is 0.242. The van der Waals surface area contributed by atoms with E-state index >= 15 is 0 Å². The van der Waals surface area contributed by atoms with Crippen molar-refractivity contribution in [1.29, 1.82) is 0 Å². The summed E-state index contributed by atoms with van der Waals surface area (Å²) < 4.78 is 4.69. The topological polar surface area (TPSA) is 43.4 Å². The number of unbranched alkanes of at least 4 members (excludes halogenated alkanes) is 2. The van der Waals surface area contributed by atoms with Crippen LogP contribution in [0, 0.1) is 0 Å². The summed E-state index contributed by atoms with van der Waals surface area (Å²) in [7, 11) is 0. The summed E-state index contributed by atoms with van der Waals surface area (Å²) in [5, 5.41) is 0.